The van der Waals surface area contributed by atoms with Gasteiger partial charge in [-0.2, -0.15) is 0 Å². The van der Waals surface area contributed by atoms with E-state index in [2.05, 4.69) is 5.32 Å². The van der Waals surface area contributed by atoms with Gasteiger partial charge in [-0.1, -0.05) is 30.3 Å². The van der Waals surface area contributed by atoms with Crippen LogP contribution in [0.25, 0.3) is 0 Å². The number of carbonyl (C=O) groups excluding carboxylic acids is 2. The highest BCUT2D eigenvalue weighted by Gasteiger charge is 2.40. The molecule has 1 aliphatic carbocycles. The zero-order chi connectivity index (χ0) is 13.8. The van der Waals surface area contributed by atoms with Crippen molar-refractivity contribution in [3.8, 4) is 0 Å². The normalized spacial score (nSPS) is 23.2. The first-order valence-electron chi connectivity index (χ1n) is 6.39. The number of rotatable bonds is 5. The third kappa shape index (κ3) is 2.93. The van der Waals surface area contributed by atoms with E-state index in [9.17, 15) is 14.7 Å². The van der Waals surface area contributed by atoms with Crippen molar-refractivity contribution in [1.29, 1.82) is 0 Å². The Morgan fingerprint density at radius 1 is 1.26 bits per heavy atom. The fourth-order valence-electron chi connectivity index (χ4n) is 2.35. The van der Waals surface area contributed by atoms with E-state index in [-0.39, 0.29) is 24.3 Å². The Bertz CT molecular complexity index is 461. The van der Waals surface area contributed by atoms with Crippen LogP contribution in [-0.2, 0) is 9.59 Å². The molecule has 1 aromatic carbocycles. The van der Waals surface area contributed by atoms with E-state index in [1.807, 2.05) is 30.3 Å². The molecule has 0 spiro atoms. The number of nitrogens with two attached hydrogens (primary N) is 1. The molecule has 1 aromatic rings. The van der Waals surface area contributed by atoms with Crippen LogP contribution in [0.15, 0.2) is 30.3 Å². The van der Waals surface area contributed by atoms with Gasteiger partial charge in [0, 0.05) is 11.8 Å². The number of primary amides is 1. The predicted octanol–water partition coefficient (Wildman–Crippen LogP) is 0.348. The van der Waals surface area contributed by atoms with Crippen molar-refractivity contribution in [1.82, 2.24) is 5.32 Å². The molecule has 2 amide bonds. The maximum Gasteiger partial charge on any atom is 0.224 e. The lowest BCUT2D eigenvalue weighted by atomic mass is 9.72. The van der Waals surface area contributed by atoms with E-state index in [1.165, 1.54) is 0 Å². The van der Waals surface area contributed by atoms with Crippen molar-refractivity contribution in [3.05, 3.63) is 35.9 Å². The minimum Gasteiger partial charge on any atom is -0.394 e. The van der Waals surface area contributed by atoms with E-state index < -0.39 is 11.9 Å². The highest BCUT2D eigenvalue weighted by molar-refractivity contribution is 5.88. The van der Waals surface area contributed by atoms with Gasteiger partial charge in [0.05, 0.1) is 12.6 Å². The third-order valence-electron chi connectivity index (χ3n) is 3.68. The Hall–Kier alpha value is -1.88. The van der Waals surface area contributed by atoms with Crippen LogP contribution in [-0.4, -0.2) is 23.5 Å². The molecule has 3 atom stereocenters. The minimum atomic E-state index is -0.442. The summed E-state index contributed by atoms with van der Waals surface area (Å²) in [5.41, 5.74) is 6.07. The van der Waals surface area contributed by atoms with Crippen LogP contribution in [0, 0.1) is 11.8 Å². The van der Waals surface area contributed by atoms with Crippen LogP contribution in [0.1, 0.15) is 24.4 Å². The molecule has 4 N–H and O–H groups in total. The van der Waals surface area contributed by atoms with Gasteiger partial charge in [-0.05, 0) is 18.4 Å². The van der Waals surface area contributed by atoms with Gasteiger partial charge >= 0.3 is 0 Å². The van der Waals surface area contributed by atoms with Gasteiger partial charge < -0.3 is 16.2 Å². The lowest BCUT2D eigenvalue weighted by Gasteiger charge is -2.34. The number of hydrogen-bond acceptors (Lipinski definition) is 3. The molecule has 1 saturated carbocycles. The monoisotopic (exact) mass is 262 g/mol. The largest absolute Gasteiger partial charge is 0.394 e. The van der Waals surface area contributed by atoms with Gasteiger partial charge in [0.15, 0.2) is 0 Å². The Labute approximate surface area is 111 Å². The van der Waals surface area contributed by atoms with E-state index in [1.54, 1.807) is 0 Å². The summed E-state index contributed by atoms with van der Waals surface area (Å²) in [6.45, 7) is -0.177. The third-order valence-corrected chi connectivity index (χ3v) is 3.68. The molecule has 1 fully saturated rings. The summed E-state index contributed by atoms with van der Waals surface area (Å²) in [5.74, 6) is -1.35. The summed E-state index contributed by atoms with van der Waals surface area (Å²) in [7, 11) is 0. The quantitative estimate of drug-likeness (QED) is 0.714. The lowest BCUT2D eigenvalue weighted by Crippen LogP contribution is -2.47. The molecule has 0 bridgehead atoms. The molecular weight excluding hydrogens is 244 g/mol. The van der Waals surface area contributed by atoms with E-state index in [0.29, 0.717) is 12.8 Å². The van der Waals surface area contributed by atoms with Gasteiger partial charge in [0.1, 0.15) is 0 Å². The smallest absolute Gasteiger partial charge is 0.224 e. The second kappa shape index (κ2) is 5.84. The van der Waals surface area contributed by atoms with Crippen LogP contribution in [0.5, 0.6) is 0 Å². The molecule has 0 aliphatic heterocycles. The number of amides is 2. The highest BCUT2D eigenvalue weighted by atomic mass is 16.3. The van der Waals surface area contributed by atoms with Crippen LogP contribution in [0.2, 0.25) is 0 Å². The summed E-state index contributed by atoms with van der Waals surface area (Å²) in [6, 6.07) is 8.80. The van der Waals surface area contributed by atoms with Crippen LogP contribution in [0.3, 0.4) is 0 Å². The summed E-state index contributed by atoms with van der Waals surface area (Å²) < 4.78 is 0. The minimum absolute atomic E-state index is 0.177. The Morgan fingerprint density at radius 2 is 1.89 bits per heavy atom. The first-order chi connectivity index (χ1) is 9.13. The summed E-state index contributed by atoms with van der Waals surface area (Å²) >= 11 is 0. The van der Waals surface area contributed by atoms with Gasteiger partial charge in [0.25, 0.3) is 0 Å². The summed E-state index contributed by atoms with van der Waals surface area (Å²) in [4.78, 5) is 23.2. The molecule has 19 heavy (non-hydrogen) atoms. The van der Waals surface area contributed by atoms with Crippen molar-refractivity contribution in [2.45, 2.75) is 18.9 Å². The topological polar surface area (TPSA) is 92.4 Å². The maximum absolute atomic E-state index is 12.1. The molecule has 1 aliphatic rings. The first kappa shape index (κ1) is 13.5. The molecule has 102 valence electrons. The van der Waals surface area contributed by atoms with Gasteiger partial charge in [-0.15, -0.1) is 0 Å². The van der Waals surface area contributed by atoms with E-state index in [0.717, 1.165) is 5.56 Å². The molecule has 0 saturated heterocycles. The summed E-state index contributed by atoms with van der Waals surface area (Å²) in [5, 5.41) is 12.1. The number of nitrogens with one attached hydrogen (secondary N) is 1. The van der Waals surface area contributed by atoms with Crippen molar-refractivity contribution < 1.29 is 14.7 Å². The van der Waals surface area contributed by atoms with Crippen LogP contribution in [0.4, 0.5) is 0 Å². The van der Waals surface area contributed by atoms with Crippen molar-refractivity contribution in [2.24, 2.45) is 17.6 Å². The first-order valence-corrected chi connectivity index (χ1v) is 6.39. The van der Waals surface area contributed by atoms with Gasteiger partial charge in [-0.3, -0.25) is 9.59 Å². The zero-order valence-electron chi connectivity index (χ0n) is 10.6. The number of carbonyl (C=O) groups is 2. The molecule has 5 nitrogen and oxygen atoms in total. The van der Waals surface area contributed by atoms with Gasteiger partial charge in [0.2, 0.25) is 11.8 Å². The van der Waals surface area contributed by atoms with Crippen molar-refractivity contribution in [3.63, 3.8) is 0 Å². The highest BCUT2D eigenvalue weighted by Crippen LogP contribution is 2.34. The maximum atomic E-state index is 12.1. The fraction of sp³-hybridized carbons (Fsp3) is 0.429. The van der Waals surface area contributed by atoms with E-state index in [4.69, 9.17) is 5.73 Å². The molecule has 0 radical (unpaired) electrons. The Morgan fingerprint density at radius 3 is 2.37 bits per heavy atom. The fourth-order valence-corrected chi connectivity index (χ4v) is 2.35. The average molecular weight is 262 g/mol. The molecule has 2 rings (SSSR count). The van der Waals surface area contributed by atoms with Gasteiger partial charge in [-0.25, -0.2) is 0 Å². The van der Waals surface area contributed by atoms with Crippen molar-refractivity contribution >= 4 is 11.8 Å². The standard InChI is InChI=1S/C14H18N2O3/c15-13(18)10-6-7-11(10)14(19)16-12(8-17)9-4-2-1-3-5-9/h1-5,10-12,17H,6-8H2,(H2,15,18)(H,16,19). The SMILES string of the molecule is NC(=O)C1CCC1C(=O)NC(CO)c1ccccc1. The predicted molar refractivity (Wildman–Crippen MR) is 69.8 cm³/mol. The van der Waals surface area contributed by atoms with Crippen molar-refractivity contribution in [2.75, 3.05) is 6.61 Å². The second-order valence-electron chi connectivity index (χ2n) is 4.85. The molecule has 5 heteroatoms. The Kier molecular flexibility index (Phi) is 4.16. The van der Waals surface area contributed by atoms with Crippen LogP contribution >= 0.6 is 0 Å². The number of hydrogen-bond donors (Lipinski definition) is 3. The molecular formula is C14H18N2O3. The summed E-state index contributed by atoms with van der Waals surface area (Å²) in [6.07, 6.45) is 1.34. The van der Waals surface area contributed by atoms with Crippen LogP contribution < -0.4 is 11.1 Å². The van der Waals surface area contributed by atoms with E-state index >= 15 is 0 Å². The zero-order valence-corrected chi connectivity index (χ0v) is 10.6. The lowest BCUT2D eigenvalue weighted by molar-refractivity contribution is -0.139. The average Bonchev–Trinajstić information content (AvgIpc) is 2.35. The number of aliphatic hydroxyl groups excluding tert-OH is 1. The number of aliphatic hydroxyl groups is 1. The molecule has 0 heterocycles. The molecule has 0 aromatic heterocycles. The number of benzene rings is 1. The Balaban J connectivity index is 1.99. The second-order valence-corrected chi connectivity index (χ2v) is 4.85. The molecule has 3 unspecified atom stereocenters.